The van der Waals surface area contributed by atoms with Gasteiger partial charge in [-0.05, 0) is 48.4 Å². The predicted octanol–water partition coefficient (Wildman–Crippen LogP) is 4.29. The Morgan fingerprint density at radius 3 is 2.81 bits per heavy atom. The summed E-state index contributed by atoms with van der Waals surface area (Å²) in [6.07, 6.45) is 0. The van der Waals surface area contributed by atoms with Crippen LogP contribution in [0.15, 0.2) is 35.2 Å². The van der Waals surface area contributed by atoms with Crippen LogP contribution in [0.2, 0.25) is 5.02 Å². The zero-order valence-corrected chi connectivity index (χ0v) is 13.3. The number of benzene rings is 2. The number of aryl methyl sites for hydroxylation is 1. The number of nitrogens with two attached hydrogens (primary N) is 1. The van der Waals surface area contributed by atoms with E-state index in [4.69, 9.17) is 26.8 Å². The summed E-state index contributed by atoms with van der Waals surface area (Å²) in [7, 11) is 0. The molecule has 0 unspecified atom stereocenters. The molecule has 1 aliphatic rings. The van der Waals surface area contributed by atoms with Crippen LogP contribution in [0.1, 0.15) is 11.1 Å². The Bertz CT molecular complexity index is 676. The number of thioether (sulfide) groups is 1. The van der Waals surface area contributed by atoms with Gasteiger partial charge in [0.15, 0.2) is 11.5 Å². The molecular formula is C16H16ClNO2S. The van der Waals surface area contributed by atoms with Crippen molar-refractivity contribution in [2.75, 3.05) is 18.9 Å². The molecule has 0 radical (unpaired) electrons. The number of fused-ring (bicyclic) bond motifs is 1. The molecule has 2 aromatic rings. The SMILES string of the molecule is Cc1cc(N)ccc1SCc1cc(Cl)c2c(c1)OCCO2. The first-order chi connectivity index (χ1) is 10.1. The molecule has 3 nitrogen and oxygen atoms in total. The van der Waals surface area contributed by atoms with E-state index < -0.39 is 0 Å². The molecule has 2 N–H and O–H groups in total. The fraction of sp³-hybridized carbons (Fsp3) is 0.250. The maximum absolute atomic E-state index is 6.25. The first-order valence-corrected chi connectivity index (χ1v) is 8.07. The largest absolute Gasteiger partial charge is 0.486 e. The molecule has 0 fully saturated rings. The van der Waals surface area contributed by atoms with Gasteiger partial charge in [-0.25, -0.2) is 0 Å². The summed E-state index contributed by atoms with van der Waals surface area (Å²) >= 11 is 8.01. The molecule has 1 aliphatic heterocycles. The van der Waals surface area contributed by atoms with Crippen LogP contribution in [0.4, 0.5) is 5.69 Å². The topological polar surface area (TPSA) is 44.5 Å². The summed E-state index contributed by atoms with van der Waals surface area (Å²) in [6.45, 7) is 3.18. The Morgan fingerprint density at radius 1 is 1.19 bits per heavy atom. The Morgan fingerprint density at radius 2 is 2.00 bits per heavy atom. The van der Waals surface area contributed by atoms with E-state index in [9.17, 15) is 0 Å². The minimum atomic E-state index is 0.547. The van der Waals surface area contributed by atoms with E-state index in [2.05, 4.69) is 13.0 Å². The monoisotopic (exact) mass is 321 g/mol. The fourth-order valence-electron chi connectivity index (χ4n) is 2.24. The second-order valence-corrected chi connectivity index (χ2v) is 6.34. The van der Waals surface area contributed by atoms with Crippen molar-refractivity contribution in [1.82, 2.24) is 0 Å². The van der Waals surface area contributed by atoms with Crippen molar-refractivity contribution >= 4 is 29.1 Å². The smallest absolute Gasteiger partial charge is 0.179 e. The zero-order chi connectivity index (χ0) is 14.8. The van der Waals surface area contributed by atoms with Crippen LogP contribution in [0, 0.1) is 6.92 Å². The lowest BCUT2D eigenvalue weighted by molar-refractivity contribution is 0.171. The number of anilines is 1. The second-order valence-electron chi connectivity index (χ2n) is 4.92. The lowest BCUT2D eigenvalue weighted by Gasteiger charge is -2.20. The molecule has 0 atom stereocenters. The van der Waals surface area contributed by atoms with Gasteiger partial charge in [0, 0.05) is 16.3 Å². The molecule has 0 spiro atoms. The van der Waals surface area contributed by atoms with Crippen LogP contribution in [0.3, 0.4) is 0 Å². The molecule has 110 valence electrons. The van der Waals surface area contributed by atoms with Crippen LogP contribution in [-0.2, 0) is 5.75 Å². The lowest BCUT2D eigenvalue weighted by Crippen LogP contribution is -2.15. The zero-order valence-electron chi connectivity index (χ0n) is 11.7. The van der Waals surface area contributed by atoms with E-state index in [0.717, 1.165) is 22.8 Å². The minimum absolute atomic E-state index is 0.547. The van der Waals surface area contributed by atoms with E-state index in [-0.39, 0.29) is 0 Å². The van der Waals surface area contributed by atoms with Crippen molar-refractivity contribution in [2.45, 2.75) is 17.6 Å². The van der Waals surface area contributed by atoms with Crippen molar-refractivity contribution in [2.24, 2.45) is 0 Å². The van der Waals surface area contributed by atoms with Gasteiger partial charge in [-0.15, -0.1) is 11.8 Å². The number of hydrogen-bond donors (Lipinski definition) is 1. The maximum atomic E-state index is 6.25. The van der Waals surface area contributed by atoms with E-state index in [0.29, 0.717) is 24.0 Å². The van der Waals surface area contributed by atoms with E-state index in [1.807, 2.05) is 24.3 Å². The molecule has 21 heavy (non-hydrogen) atoms. The van der Waals surface area contributed by atoms with Crippen molar-refractivity contribution in [3.8, 4) is 11.5 Å². The van der Waals surface area contributed by atoms with E-state index in [1.54, 1.807) is 11.8 Å². The molecule has 2 aromatic carbocycles. The number of nitrogen functional groups attached to an aromatic ring is 1. The van der Waals surface area contributed by atoms with Crippen LogP contribution in [-0.4, -0.2) is 13.2 Å². The Labute approximate surface area is 133 Å². The predicted molar refractivity (Wildman–Crippen MR) is 87.6 cm³/mol. The number of hydrogen-bond acceptors (Lipinski definition) is 4. The molecule has 0 aromatic heterocycles. The third kappa shape index (κ3) is 3.22. The molecule has 0 aliphatic carbocycles. The van der Waals surface area contributed by atoms with Crippen LogP contribution >= 0.6 is 23.4 Å². The van der Waals surface area contributed by atoms with Crippen LogP contribution in [0.5, 0.6) is 11.5 Å². The van der Waals surface area contributed by atoms with Crippen molar-refractivity contribution in [1.29, 1.82) is 0 Å². The van der Waals surface area contributed by atoms with E-state index >= 15 is 0 Å². The third-order valence-electron chi connectivity index (χ3n) is 3.25. The van der Waals surface area contributed by atoms with Crippen LogP contribution in [0.25, 0.3) is 0 Å². The van der Waals surface area contributed by atoms with Gasteiger partial charge in [0.05, 0.1) is 5.02 Å². The molecule has 0 bridgehead atoms. The Hall–Kier alpha value is -1.52. The van der Waals surface area contributed by atoms with Gasteiger partial charge in [-0.1, -0.05) is 11.6 Å². The number of ether oxygens (including phenoxy) is 2. The highest BCUT2D eigenvalue weighted by atomic mass is 35.5. The average molecular weight is 322 g/mol. The standard InChI is InChI=1S/C16H16ClNO2S/c1-10-6-12(18)2-3-15(10)21-9-11-7-13(17)16-14(8-11)19-4-5-20-16/h2-3,6-8H,4-5,9,18H2,1H3. The summed E-state index contributed by atoms with van der Waals surface area (Å²) in [5.41, 5.74) is 8.86. The molecule has 3 rings (SSSR count). The average Bonchev–Trinajstić information content (AvgIpc) is 2.46. The highest BCUT2D eigenvalue weighted by molar-refractivity contribution is 7.98. The third-order valence-corrected chi connectivity index (χ3v) is 4.78. The summed E-state index contributed by atoms with van der Waals surface area (Å²) in [6, 6.07) is 9.90. The first-order valence-electron chi connectivity index (χ1n) is 6.70. The summed E-state index contributed by atoms with van der Waals surface area (Å²) in [5, 5.41) is 0.608. The molecule has 0 amide bonds. The lowest BCUT2D eigenvalue weighted by atomic mass is 10.2. The van der Waals surface area contributed by atoms with Crippen molar-refractivity contribution in [3.63, 3.8) is 0 Å². The van der Waals surface area contributed by atoms with Gasteiger partial charge in [-0.2, -0.15) is 0 Å². The van der Waals surface area contributed by atoms with Crippen molar-refractivity contribution < 1.29 is 9.47 Å². The highest BCUT2D eigenvalue weighted by Crippen LogP contribution is 2.39. The van der Waals surface area contributed by atoms with Gasteiger partial charge in [0.25, 0.3) is 0 Å². The molecular weight excluding hydrogens is 306 g/mol. The highest BCUT2D eigenvalue weighted by Gasteiger charge is 2.16. The Kier molecular flexibility index (Phi) is 4.17. The van der Waals surface area contributed by atoms with Gasteiger partial charge in [0.2, 0.25) is 0 Å². The van der Waals surface area contributed by atoms with Gasteiger partial charge in [0.1, 0.15) is 13.2 Å². The van der Waals surface area contributed by atoms with Gasteiger partial charge in [-0.3, -0.25) is 0 Å². The molecule has 0 saturated heterocycles. The van der Waals surface area contributed by atoms with Crippen LogP contribution < -0.4 is 15.2 Å². The first kappa shape index (κ1) is 14.4. The number of rotatable bonds is 3. The van der Waals surface area contributed by atoms with Crippen molar-refractivity contribution in [3.05, 3.63) is 46.5 Å². The molecule has 5 heteroatoms. The number of halogens is 1. The fourth-order valence-corrected chi connectivity index (χ4v) is 3.47. The summed E-state index contributed by atoms with van der Waals surface area (Å²) in [5.74, 6) is 2.21. The Balaban J connectivity index is 1.77. The maximum Gasteiger partial charge on any atom is 0.179 e. The van der Waals surface area contributed by atoms with Gasteiger partial charge >= 0.3 is 0 Å². The quantitative estimate of drug-likeness (QED) is 0.676. The summed E-state index contributed by atoms with van der Waals surface area (Å²) in [4.78, 5) is 1.22. The van der Waals surface area contributed by atoms with Gasteiger partial charge < -0.3 is 15.2 Å². The molecule has 0 saturated carbocycles. The molecule has 1 heterocycles. The minimum Gasteiger partial charge on any atom is -0.486 e. The summed E-state index contributed by atoms with van der Waals surface area (Å²) < 4.78 is 11.1. The second kappa shape index (κ2) is 6.08. The normalized spacial score (nSPS) is 13.2. The van der Waals surface area contributed by atoms with E-state index in [1.165, 1.54) is 10.5 Å².